The second-order valence-corrected chi connectivity index (χ2v) is 4.95. The standard InChI is InChI=1S/C17H17N3O2/c1-12-2-6-14(7-3-12)16(21)11-19-17(22)20-15-8-4-13(10-18)5-9-15/h2-9,16,21H,11H2,1H3,(H2,19,20,22)/t16-/m1/s1. The van der Waals surface area contributed by atoms with Crippen LogP contribution in [0.3, 0.4) is 0 Å². The number of benzene rings is 2. The monoisotopic (exact) mass is 295 g/mol. The van der Waals surface area contributed by atoms with E-state index in [4.69, 9.17) is 5.26 Å². The molecule has 0 radical (unpaired) electrons. The molecule has 2 aromatic carbocycles. The summed E-state index contributed by atoms with van der Waals surface area (Å²) in [6.45, 7) is 2.09. The van der Waals surface area contributed by atoms with Crippen LogP contribution in [0.2, 0.25) is 0 Å². The largest absolute Gasteiger partial charge is 0.387 e. The predicted molar refractivity (Wildman–Crippen MR) is 84.3 cm³/mol. The second kappa shape index (κ2) is 7.25. The minimum Gasteiger partial charge on any atom is -0.387 e. The summed E-state index contributed by atoms with van der Waals surface area (Å²) in [5.41, 5.74) is 2.98. The number of urea groups is 1. The van der Waals surface area contributed by atoms with Crippen molar-refractivity contribution >= 4 is 11.7 Å². The lowest BCUT2D eigenvalue weighted by molar-refractivity contribution is 0.175. The van der Waals surface area contributed by atoms with E-state index < -0.39 is 12.1 Å². The summed E-state index contributed by atoms with van der Waals surface area (Å²) in [6, 6.07) is 15.6. The number of rotatable bonds is 4. The molecule has 1 atom stereocenters. The molecule has 0 aromatic heterocycles. The first-order valence-electron chi connectivity index (χ1n) is 6.88. The summed E-state index contributed by atoms with van der Waals surface area (Å²) in [5, 5.41) is 24.0. The van der Waals surface area contributed by atoms with E-state index in [1.165, 1.54) is 0 Å². The van der Waals surface area contributed by atoms with Crippen molar-refractivity contribution in [2.75, 3.05) is 11.9 Å². The number of carbonyl (C=O) groups excluding carboxylic acids is 1. The van der Waals surface area contributed by atoms with Gasteiger partial charge >= 0.3 is 6.03 Å². The summed E-state index contributed by atoms with van der Waals surface area (Å²) in [5.74, 6) is 0. The number of anilines is 1. The molecule has 2 aromatic rings. The van der Waals surface area contributed by atoms with Crippen LogP contribution in [0.1, 0.15) is 22.8 Å². The third-order valence-corrected chi connectivity index (χ3v) is 3.19. The Kier molecular flexibility index (Phi) is 5.12. The second-order valence-electron chi connectivity index (χ2n) is 4.95. The van der Waals surface area contributed by atoms with Crippen LogP contribution in [-0.4, -0.2) is 17.7 Å². The fourth-order valence-electron chi connectivity index (χ4n) is 1.90. The lowest BCUT2D eigenvalue weighted by atomic mass is 10.1. The fourth-order valence-corrected chi connectivity index (χ4v) is 1.90. The van der Waals surface area contributed by atoms with Crippen LogP contribution in [0.25, 0.3) is 0 Å². The average molecular weight is 295 g/mol. The lowest BCUT2D eigenvalue weighted by Crippen LogP contribution is -2.32. The van der Waals surface area contributed by atoms with Crippen molar-refractivity contribution in [2.24, 2.45) is 0 Å². The fraction of sp³-hybridized carbons (Fsp3) is 0.176. The lowest BCUT2D eigenvalue weighted by Gasteiger charge is -2.13. The number of carbonyl (C=O) groups is 1. The van der Waals surface area contributed by atoms with Gasteiger partial charge in [-0.15, -0.1) is 0 Å². The van der Waals surface area contributed by atoms with Crippen LogP contribution in [0, 0.1) is 18.3 Å². The van der Waals surface area contributed by atoms with Gasteiger partial charge in [-0.2, -0.15) is 5.26 Å². The van der Waals surface area contributed by atoms with Crippen LogP contribution in [0.5, 0.6) is 0 Å². The van der Waals surface area contributed by atoms with Crippen molar-refractivity contribution in [3.05, 3.63) is 65.2 Å². The summed E-state index contributed by atoms with van der Waals surface area (Å²) in [4.78, 5) is 11.8. The third kappa shape index (κ3) is 4.33. The van der Waals surface area contributed by atoms with E-state index in [0.29, 0.717) is 11.3 Å². The van der Waals surface area contributed by atoms with E-state index in [1.54, 1.807) is 24.3 Å². The number of aliphatic hydroxyl groups excluding tert-OH is 1. The SMILES string of the molecule is Cc1ccc([C@H](O)CNC(=O)Nc2ccc(C#N)cc2)cc1. The quantitative estimate of drug-likeness (QED) is 0.810. The summed E-state index contributed by atoms with van der Waals surface area (Å²) in [6.07, 6.45) is -0.757. The molecule has 0 aliphatic carbocycles. The maximum atomic E-state index is 11.8. The first-order valence-corrected chi connectivity index (χ1v) is 6.88. The van der Waals surface area contributed by atoms with E-state index in [2.05, 4.69) is 10.6 Å². The van der Waals surface area contributed by atoms with Crippen LogP contribution in [0.15, 0.2) is 48.5 Å². The molecular weight excluding hydrogens is 278 g/mol. The molecule has 0 spiro atoms. The van der Waals surface area contributed by atoms with E-state index in [9.17, 15) is 9.90 Å². The van der Waals surface area contributed by atoms with Gasteiger partial charge in [-0.1, -0.05) is 29.8 Å². The van der Waals surface area contributed by atoms with Gasteiger partial charge in [-0.05, 0) is 36.8 Å². The molecule has 0 bridgehead atoms. The Hall–Kier alpha value is -2.84. The van der Waals surface area contributed by atoms with Crippen molar-refractivity contribution in [1.82, 2.24) is 5.32 Å². The van der Waals surface area contributed by atoms with Crippen molar-refractivity contribution in [2.45, 2.75) is 13.0 Å². The Balaban J connectivity index is 1.84. The van der Waals surface area contributed by atoms with Gasteiger partial charge in [-0.25, -0.2) is 4.79 Å². The topological polar surface area (TPSA) is 85.2 Å². The van der Waals surface area contributed by atoms with Crippen molar-refractivity contribution < 1.29 is 9.90 Å². The maximum Gasteiger partial charge on any atom is 0.319 e. The molecule has 0 aliphatic heterocycles. The Morgan fingerprint density at radius 1 is 1.18 bits per heavy atom. The van der Waals surface area contributed by atoms with Crippen LogP contribution in [-0.2, 0) is 0 Å². The number of aliphatic hydroxyl groups is 1. The highest BCUT2D eigenvalue weighted by atomic mass is 16.3. The molecule has 112 valence electrons. The number of hydrogen-bond acceptors (Lipinski definition) is 3. The van der Waals surface area contributed by atoms with Crippen molar-refractivity contribution in [1.29, 1.82) is 5.26 Å². The molecule has 0 fully saturated rings. The molecule has 5 nitrogen and oxygen atoms in total. The minimum atomic E-state index is -0.757. The highest BCUT2D eigenvalue weighted by Gasteiger charge is 2.09. The van der Waals surface area contributed by atoms with Gasteiger partial charge in [0.2, 0.25) is 0 Å². The molecule has 0 aliphatic rings. The van der Waals surface area contributed by atoms with E-state index in [-0.39, 0.29) is 6.54 Å². The van der Waals surface area contributed by atoms with Gasteiger partial charge in [0, 0.05) is 12.2 Å². The van der Waals surface area contributed by atoms with Gasteiger partial charge in [0.05, 0.1) is 17.7 Å². The highest BCUT2D eigenvalue weighted by Crippen LogP contribution is 2.13. The molecule has 2 amide bonds. The number of aryl methyl sites for hydroxylation is 1. The molecule has 0 unspecified atom stereocenters. The molecule has 2 rings (SSSR count). The normalized spacial score (nSPS) is 11.3. The van der Waals surface area contributed by atoms with Gasteiger partial charge in [0.15, 0.2) is 0 Å². The number of nitriles is 1. The minimum absolute atomic E-state index is 0.116. The Bertz CT molecular complexity index is 673. The third-order valence-electron chi connectivity index (χ3n) is 3.19. The summed E-state index contributed by atoms with van der Waals surface area (Å²) in [7, 11) is 0. The summed E-state index contributed by atoms with van der Waals surface area (Å²) < 4.78 is 0. The van der Waals surface area contributed by atoms with Crippen LogP contribution in [0.4, 0.5) is 10.5 Å². The molecule has 22 heavy (non-hydrogen) atoms. The predicted octanol–water partition coefficient (Wildman–Crippen LogP) is 2.72. The molecule has 5 heteroatoms. The van der Waals surface area contributed by atoms with Gasteiger partial charge < -0.3 is 15.7 Å². The first-order chi connectivity index (χ1) is 10.6. The van der Waals surface area contributed by atoms with Crippen LogP contribution >= 0.6 is 0 Å². The Morgan fingerprint density at radius 2 is 1.82 bits per heavy atom. The number of amides is 2. The Morgan fingerprint density at radius 3 is 2.41 bits per heavy atom. The van der Waals surface area contributed by atoms with E-state index >= 15 is 0 Å². The van der Waals surface area contributed by atoms with Gasteiger partial charge in [0.25, 0.3) is 0 Å². The highest BCUT2D eigenvalue weighted by molar-refractivity contribution is 5.89. The molecule has 0 saturated heterocycles. The molecular formula is C17H17N3O2. The zero-order valence-electron chi connectivity index (χ0n) is 12.2. The van der Waals surface area contributed by atoms with E-state index in [0.717, 1.165) is 11.1 Å². The first kappa shape index (κ1) is 15.5. The Labute approximate surface area is 129 Å². The maximum absolute atomic E-state index is 11.8. The van der Waals surface area contributed by atoms with E-state index in [1.807, 2.05) is 37.3 Å². The van der Waals surface area contributed by atoms with Crippen molar-refractivity contribution in [3.8, 4) is 6.07 Å². The van der Waals surface area contributed by atoms with Crippen LogP contribution < -0.4 is 10.6 Å². The smallest absolute Gasteiger partial charge is 0.319 e. The molecule has 3 N–H and O–H groups in total. The number of nitrogens with one attached hydrogen (secondary N) is 2. The summed E-state index contributed by atoms with van der Waals surface area (Å²) >= 11 is 0. The number of nitrogens with zero attached hydrogens (tertiary/aromatic N) is 1. The average Bonchev–Trinajstić information content (AvgIpc) is 2.54. The molecule has 0 heterocycles. The van der Waals surface area contributed by atoms with Gasteiger partial charge in [0.1, 0.15) is 0 Å². The zero-order valence-corrected chi connectivity index (χ0v) is 12.2. The number of hydrogen-bond donors (Lipinski definition) is 3. The molecule has 0 saturated carbocycles. The zero-order chi connectivity index (χ0) is 15.9. The van der Waals surface area contributed by atoms with Gasteiger partial charge in [-0.3, -0.25) is 0 Å². The van der Waals surface area contributed by atoms with Crippen molar-refractivity contribution in [3.63, 3.8) is 0 Å².